The van der Waals surface area contributed by atoms with Gasteiger partial charge in [0.25, 0.3) is 5.69 Å². The van der Waals surface area contributed by atoms with Crippen LogP contribution in [0.5, 0.6) is 0 Å². The highest BCUT2D eigenvalue weighted by atomic mass is 16.6. The van der Waals surface area contributed by atoms with Gasteiger partial charge in [-0.2, -0.15) is 0 Å². The van der Waals surface area contributed by atoms with Crippen molar-refractivity contribution in [1.29, 1.82) is 0 Å². The Morgan fingerprint density at radius 1 is 1.21 bits per heavy atom. The maximum atomic E-state index is 10.8. The van der Waals surface area contributed by atoms with Gasteiger partial charge in [0.05, 0.1) is 11.5 Å². The van der Waals surface area contributed by atoms with Crippen LogP contribution in [0.15, 0.2) is 54.7 Å². The summed E-state index contributed by atoms with van der Waals surface area (Å²) < 4.78 is 0. The Morgan fingerprint density at radius 3 is 2.88 bits per heavy atom. The number of nitro benzene ring substituents is 1. The summed E-state index contributed by atoms with van der Waals surface area (Å²) in [5.74, 6) is 0. The van der Waals surface area contributed by atoms with E-state index >= 15 is 0 Å². The monoisotopic (exact) mass is 326 g/mol. The number of aromatic nitrogens is 1. The van der Waals surface area contributed by atoms with Crippen LogP contribution in [0.25, 0.3) is 10.9 Å². The smallest absolute Gasteiger partial charge is 0.269 e. The van der Waals surface area contributed by atoms with Gasteiger partial charge in [-0.05, 0) is 17.2 Å². The summed E-state index contributed by atoms with van der Waals surface area (Å²) in [5.41, 5.74) is 2.97. The Bertz CT molecular complexity index is 844. The van der Waals surface area contributed by atoms with Crippen molar-refractivity contribution in [2.75, 3.05) is 13.1 Å². The summed E-state index contributed by atoms with van der Waals surface area (Å²) in [6, 6.07) is 14.3. The Labute approximate surface area is 139 Å². The second-order valence-electron chi connectivity index (χ2n) is 5.79. The molecule has 1 aromatic heterocycles. The van der Waals surface area contributed by atoms with Crippen molar-refractivity contribution in [2.24, 2.45) is 0 Å². The number of fused-ring (bicyclic) bond motifs is 1. The topological polar surface area (TPSA) is 95.8 Å². The summed E-state index contributed by atoms with van der Waals surface area (Å²) in [6.45, 7) is 1.32. The second-order valence-corrected chi connectivity index (χ2v) is 5.79. The molecule has 3 rings (SSSR count). The predicted molar refractivity (Wildman–Crippen MR) is 91.7 cm³/mol. The third kappa shape index (κ3) is 3.61. The highest BCUT2D eigenvalue weighted by molar-refractivity contribution is 5.82. The molecule has 0 saturated heterocycles. The molecule has 0 aliphatic rings. The SMILES string of the molecule is O=[N+]([O-])c1cccc([C@@H](O)C[NH2+]CCc2c[nH]c3ccccc23)c1. The molecule has 0 amide bonds. The van der Waals surface area contributed by atoms with E-state index in [9.17, 15) is 15.2 Å². The fraction of sp³-hybridized carbons (Fsp3) is 0.222. The standard InChI is InChI=1S/C18H19N3O3/c22-18(13-4-3-5-15(10-13)21(23)24)12-19-9-8-14-11-20-17-7-2-1-6-16(14)17/h1-7,10-11,18-20,22H,8-9,12H2/p+1/t18-/m0/s1. The van der Waals surface area contributed by atoms with Crippen molar-refractivity contribution in [3.05, 3.63) is 76.0 Å². The Kier molecular flexibility index (Phi) is 4.88. The van der Waals surface area contributed by atoms with Gasteiger partial charge in [0.15, 0.2) is 0 Å². The number of benzene rings is 2. The first kappa shape index (κ1) is 16.2. The number of aliphatic hydroxyl groups excluding tert-OH is 1. The van der Waals surface area contributed by atoms with Crippen molar-refractivity contribution in [3.8, 4) is 0 Å². The summed E-state index contributed by atoms with van der Waals surface area (Å²) >= 11 is 0. The first-order chi connectivity index (χ1) is 11.6. The first-order valence-electron chi connectivity index (χ1n) is 7.94. The molecule has 0 unspecified atom stereocenters. The van der Waals surface area contributed by atoms with E-state index in [0.29, 0.717) is 12.1 Å². The van der Waals surface area contributed by atoms with Crippen LogP contribution in [-0.2, 0) is 6.42 Å². The molecule has 0 spiro atoms. The molecule has 4 N–H and O–H groups in total. The van der Waals surface area contributed by atoms with E-state index in [2.05, 4.69) is 17.1 Å². The van der Waals surface area contributed by atoms with E-state index in [-0.39, 0.29) is 5.69 Å². The van der Waals surface area contributed by atoms with Gasteiger partial charge >= 0.3 is 0 Å². The summed E-state index contributed by atoms with van der Waals surface area (Å²) in [4.78, 5) is 13.6. The van der Waals surface area contributed by atoms with Gasteiger partial charge in [-0.1, -0.05) is 30.3 Å². The normalized spacial score (nSPS) is 12.4. The Balaban J connectivity index is 1.53. The fourth-order valence-corrected chi connectivity index (χ4v) is 2.85. The summed E-state index contributed by atoms with van der Waals surface area (Å²) in [5, 5.41) is 24.2. The number of hydrogen-bond donors (Lipinski definition) is 3. The molecule has 0 aliphatic heterocycles. The average Bonchev–Trinajstić information content (AvgIpc) is 3.02. The minimum Gasteiger partial charge on any atom is -0.382 e. The molecule has 0 bridgehead atoms. The quantitative estimate of drug-likeness (QED) is 0.351. The van der Waals surface area contributed by atoms with Gasteiger partial charge in [-0.25, -0.2) is 0 Å². The molecule has 24 heavy (non-hydrogen) atoms. The number of nitrogens with zero attached hydrogens (tertiary/aromatic N) is 1. The van der Waals surface area contributed by atoms with E-state index in [1.54, 1.807) is 12.1 Å². The van der Waals surface area contributed by atoms with Crippen LogP contribution in [0.4, 0.5) is 5.69 Å². The number of rotatable bonds is 7. The molecular weight excluding hydrogens is 306 g/mol. The van der Waals surface area contributed by atoms with E-state index in [1.165, 1.54) is 23.1 Å². The van der Waals surface area contributed by atoms with E-state index in [4.69, 9.17) is 0 Å². The molecule has 0 saturated carbocycles. The van der Waals surface area contributed by atoms with Crippen molar-refractivity contribution < 1.29 is 15.3 Å². The first-order valence-corrected chi connectivity index (χ1v) is 7.94. The molecule has 6 nitrogen and oxygen atoms in total. The maximum Gasteiger partial charge on any atom is 0.269 e. The number of hydrogen-bond acceptors (Lipinski definition) is 3. The summed E-state index contributed by atoms with van der Waals surface area (Å²) in [7, 11) is 0. The van der Waals surface area contributed by atoms with Gasteiger partial charge in [-0.3, -0.25) is 10.1 Å². The minimum absolute atomic E-state index is 0.00495. The van der Waals surface area contributed by atoms with Crippen LogP contribution < -0.4 is 5.32 Å². The molecule has 1 heterocycles. The Hall–Kier alpha value is -2.70. The van der Waals surface area contributed by atoms with E-state index in [0.717, 1.165) is 18.5 Å². The van der Waals surface area contributed by atoms with Crippen LogP contribution in [0.2, 0.25) is 0 Å². The number of non-ortho nitro benzene ring substituents is 1. The number of para-hydroxylation sites is 1. The van der Waals surface area contributed by atoms with Crippen molar-refractivity contribution in [1.82, 2.24) is 4.98 Å². The molecule has 1 atom stereocenters. The van der Waals surface area contributed by atoms with E-state index < -0.39 is 11.0 Å². The molecule has 0 radical (unpaired) electrons. The third-order valence-corrected chi connectivity index (χ3v) is 4.15. The van der Waals surface area contributed by atoms with Gasteiger partial charge in [0, 0.05) is 35.7 Å². The number of nitrogens with one attached hydrogen (secondary N) is 1. The van der Waals surface area contributed by atoms with Gasteiger partial charge in [-0.15, -0.1) is 0 Å². The van der Waals surface area contributed by atoms with Crippen molar-refractivity contribution in [2.45, 2.75) is 12.5 Å². The van der Waals surface area contributed by atoms with Gasteiger partial charge < -0.3 is 15.4 Å². The van der Waals surface area contributed by atoms with Crippen LogP contribution in [0.1, 0.15) is 17.2 Å². The zero-order chi connectivity index (χ0) is 16.9. The van der Waals surface area contributed by atoms with Crippen LogP contribution in [-0.4, -0.2) is 28.1 Å². The number of aliphatic hydroxyl groups is 1. The van der Waals surface area contributed by atoms with Crippen LogP contribution >= 0.6 is 0 Å². The third-order valence-electron chi connectivity index (χ3n) is 4.15. The van der Waals surface area contributed by atoms with Crippen LogP contribution in [0.3, 0.4) is 0 Å². The summed E-state index contributed by atoms with van der Waals surface area (Å²) in [6.07, 6.45) is 2.20. The fourth-order valence-electron chi connectivity index (χ4n) is 2.85. The zero-order valence-electron chi connectivity index (χ0n) is 13.2. The van der Waals surface area contributed by atoms with Gasteiger partial charge in [0.1, 0.15) is 12.6 Å². The van der Waals surface area contributed by atoms with E-state index in [1.807, 2.05) is 23.6 Å². The molecular formula is C18H20N3O3+. The molecule has 124 valence electrons. The molecule has 3 aromatic rings. The number of nitrogens with two attached hydrogens (primary N) is 1. The molecule has 0 fully saturated rings. The second kappa shape index (κ2) is 7.25. The highest BCUT2D eigenvalue weighted by Gasteiger charge is 2.14. The predicted octanol–water partition coefficient (Wildman–Crippen LogP) is 1.92. The van der Waals surface area contributed by atoms with Crippen molar-refractivity contribution >= 4 is 16.6 Å². The molecule has 0 aliphatic carbocycles. The average molecular weight is 326 g/mol. The number of H-pyrrole nitrogens is 1. The number of aromatic amines is 1. The number of nitro groups is 1. The minimum atomic E-state index is -0.715. The highest BCUT2D eigenvalue weighted by Crippen LogP contribution is 2.19. The largest absolute Gasteiger partial charge is 0.382 e. The molecule has 6 heteroatoms. The lowest BCUT2D eigenvalue weighted by Gasteiger charge is -2.09. The lowest BCUT2D eigenvalue weighted by Crippen LogP contribution is -2.85. The lowest BCUT2D eigenvalue weighted by atomic mass is 10.1. The van der Waals surface area contributed by atoms with Crippen molar-refractivity contribution in [3.63, 3.8) is 0 Å². The lowest BCUT2D eigenvalue weighted by molar-refractivity contribution is -0.661. The van der Waals surface area contributed by atoms with Gasteiger partial charge in [0.2, 0.25) is 0 Å². The number of quaternary nitrogens is 1. The Morgan fingerprint density at radius 2 is 2.04 bits per heavy atom. The van der Waals surface area contributed by atoms with Crippen LogP contribution in [0, 0.1) is 10.1 Å². The molecule has 2 aromatic carbocycles. The maximum absolute atomic E-state index is 10.8. The zero-order valence-corrected chi connectivity index (χ0v) is 13.2.